The fraction of sp³-hybridized carbons (Fsp3) is 0.0556. The highest BCUT2D eigenvalue weighted by atomic mass is 35.5. The number of halogens is 1. The molecule has 0 fully saturated rings. The fourth-order valence-corrected chi connectivity index (χ4v) is 2.37. The Morgan fingerprint density at radius 3 is 2.52 bits per heavy atom. The fourth-order valence-electron chi connectivity index (χ4n) is 2.20. The number of methoxy groups -OCH3 is 1. The van der Waals surface area contributed by atoms with Gasteiger partial charge in [0.25, 0.3) is 5.56 Å². The highest BCUT2D eigenvalue weighted by molar-refractivity contribution is 6.31. The molecule has 1 heterocycles. The Kier molecular flexibility index (Phi) is 4.81. The maximum Gasteiger partial charge on any atom is 0.294 e. The average Bonchev–Trinajstić information content (AvgIpc) is 2.66. The molecule has 6 nitrogen and oxygen atoms in total. The molecule has 0 spiro atoms. The molecule has 0 saturated heterocycles. The van der Waals surface area contributed by atoms with Crippen molar-refractivity contribution in [1.82, 2.24) is 9.78 Å². The van der Waals surface area contributed by atoms with Gasteiger partial charge in [-0.1, -0.05) is 29.8 Å². The van der Waals surface area contributed by atoms with E-state index in [1.807, 2.05) is 6.07 Å². The third kappa shape index (κ3) is 3.39. The number of ether oxygens (including phenoxy) is 2. The number of carbonyl (C=O) groups is 1. The van der Waals surface area contributed by atoms with Gasteiger partial charge < -0.3 is 9.47 Å². The van der Waals surface area contributed by atoms with Crippen LogP contribution in [0.4, 0.5) is 0 Å². The highest BCUT2D eigenvalue weighted by Crippen LogP contribution is 2.33. The number of benzene rings is 2. The van der Waals surface area contributed by atoms with E-state index >= 15 is 0 Å². The minimum Gasteiger partial charge on any atom is -0.493 e. The molecule has 0 radical (unpaired) electrons. The van der Waals surface area contributed by atoms with Crippen molar-refractivity contribution in [3.8, 4) is 22.9 Å². The van der Waals surface area contributed by atoms with Crippen molar-refractivity contribution < 1.29 is 14.3 Å². The highest BCUT2D eigenvalue weighted by Gasteiger charge is 2.14. The van der Waals surface area contributed by atoms with E-state index in [9.17, 15) is 9.59 Å². The maximum absolute atomic E-state index is 12.4. The first-order valence-corrected chi connectivity index (χ1v) is 7.66. The topological polar surface area (TPSA) is 70.4 Å². The summed E-state index contributed by atoms with van der Waals surface area (Å²) in [6.45, 7) is 0. The van der Waals surface area contributed by atoms with E-state index in [0.717, 1.165) is 0 Å². The Bertz CT molecular complexity index is 971. The molecule has 25 heavy (non-hydrogen) atoms. The van der Waals surface area contributed by atoms with Crippen molar-refractivity contribution in [2.75, 3.05) is 7.11 Å². The molecule has 3 rings (SSSR count). The third-order valence-corrected chi connectivity index (χ3v) is 3.78. The van der Waals surface area contributed by atoms with E-state index in [0.29, 0.717) is 29.0 Å². The van der Waals surface area contributed by atoms with Crippen LogP contribution in [0.3, 0.4) is 0 Å². The smallest absolute Gasteiger partial charge is 0.294 e. The van der Waals surface area contributed by atoms with Crippen LogP contribution in [0.1, 0.15) is 10.4 Å². The van der Waals surface area contributed by atoms with Gasteiger partial charge >= 0.3 is 0 Å². The van der Waals surface area contributed by atoms with Crippen molar-refractivity contribution in [3.63, 3.8) is 0 Å². The first-order valence-electron chi connectivity index (χ1n) is 7.28. The summed E-state index contributed by atoms with van der Waals surface area (Å²) in [5, 5.41) is 3.98. The number of para-hydroxylation sites is 1. The van der Waals surface area contributed by atoms with Crippen LogP contribution in [0, 0.1) is 0 Å². The summed E-state index contributed by atoms with van der Waals surface area (Å²) in [5.41, 5.74) is 0.524. The molecule has 0 unspecified atom stereocenters. The molecule has 0 aliphatic carbocycles. The standard InChI is InChI=1S/C18H13ClN2O4/c1-24-15-9-12(11-22)7-8-14(15)25-16-10-20-21(18(23)17(16)19)13-5-3-2-4-6-13/h2-11H,1H3. The maximum atomic E-state index is 12.4. The number of aromatic nitrogens is 2. The van der Waals surface area contributed by atoms with Gasteiger partial charge in [-0.25, -0.2) is 0 Å². The molecule has 7 heteroatoms. The predicted molar refractivity (Wildman–Crippen MR) is 93.3 cm³/mol. The van der Waals surface area contributed by atoms with Gasteiger partial charge in [0.1, 0.15) is 6.29 Å². The lowest BCUT2D eigenvalue weighted by Crippen LogP contribution is -2.21. The molecule has 126 valence electrons. The van der Waals surface area contributed by atoms with Gasteiger partial charge in [0.2, 0.25) is 0 Å². The van der Waals surface area contributed by atoms with E-state index in [4.69, 9.17) is 21.1 Å². The van der Waals surface area contributed by atoms with Crippen LogP contribution in [0.2, 0.25) is 5.02 Å². The van der Waals surface area contributed by atoms with E-state index in [1.54, 1.807) is 36.4 Å². The first-order chi connectivity index (χ1) is 12.1. The summed E-state index contributed by atoms with van der Waals surface area (Å²) in [4.78, 5) is 23.3. The summed E-state index contributed by atoms with van der Waals surface area (Å²) in [7, 11) is 1.45. The summed E-state index contributed by atoms with van der Waals surface area (Å²) in [6, 6.07) is 13.6. The molecule has 0 saturated carbocycles. The lowest BCUT2D eigenvalue weighted by Gasteiger charge is -2.12. The van der Waals surface area contributed by atoms with E-state index in [1.165, 1.54) is 24.1 Å². The second kappa shape index (κ2) is 7.19. The minimum atomic E-state index is -0.506. The molecular weight excluding hydrogens is 344 g/mol. The van der Waals surface area contributed by atoms with E-state index in [2.05, 4.69) is 5.10 Å². The molecule has 0 aliphatic heterocycles. The molecule has 0 amide bonds. The van der Waals surface area contributed by atoms with Crippen molar-refractivity contribution in [1.29, 1.82) is 0 Å². The quantitative estimate of drug-likeness (QED) is 0.654. The zero-order valence-electron chi connectivity index (χ0n) is 13.2. The first kappa shape index (κ1) is 16.7. The predicted octanol–water partition coefficient (Wildman–Crippen LogP) is 3.50. The zero-order valence-corrected chi connectivity index (χ0v) is 13.9. The molecule has 0 aliphatic rings. The lowest BCUT2D eigenvalue weighted by molar-refractivity contribution is 0.112. The Balaban J connectivity index is 1.99. The second-order valence-electron chi connectivity index (χ2n) is 5.01. The van der Waals surface area contributed by atoms with Crippen molar-refractivity contribution >= 4 is 17.9 Å². The minimum absolute atomic E-state index is 0.0935. The van der Waals surface area contributed by atoms with E-state index in [-0.39, 0.29) is 10.8 Å². The largest absolute Gasteiger partial charge is 0.493 e. The van der Waals surface area contributed by atoms with Gasteiger partial charge in [0.15, 0.2) is 22.3 Å². The molecule has 0 bridgehead atoms. The van der Waals surface area contributed by atoms with Crippen molar-refractivity contribution in [2.45, 2.75) is 0 Å². The van der Waals surface area contributed by atoms with Gasteiger partial charge in [-0.15, -0.1) is 0 Å². The van der Waals surface area contributed by atoms with Gasteiger partial charge in [0.05, 0.1) is 19.0 Å². The number of rotatable bonds is 5. The summed E-state index contributed by atoms with van der Waals surface area (Å²) in [5.74, 6) is 0.748. The van der Waals surface area contributed by atoms with Crippen LogP contribution < -0.4 is 15.0 Å². The summed E-state index contributed by atoms with van der Waals surface area (Å²) < 4.78 is 12.0. The van der Waals surface area contributed by atoms with Gasteiger partial charge in [0, 0.05) is 5.56 Å². The van der Waals surface area contributed by atoms with Crippen LogP contribution in [-0.2, 0) is 0 Å². The second-order valence-corrected chi connectivity index (χ2v) is 5.38. The lowest BCUT2D eigenvalue weighted by atomic mass is 10.2. The Morgan fingerprint density at radius 2 is 1.84 bits per heavy atom. The molecule has 0 atom stereocenters. The molecule has 2 aromatic carbocycles. The Morgan fingerprint density at radius 1 is 1.08 bits per heavy atom. The Hall–Kier alpha value is -3.12. The number of aldehydes is 1. The SMILES string of the molecule is COc1cc(C=O)ccc1Oc1cnn(-c2ccccc2)c(=O)c1Cl. The van der Waals surface area contributed by atoms with Crippen LogP contribution in [0.15, 0.2) is 59.5 Å². The van der Waals surface area contributed by atoms with Crippen molar-refractivity contribution in [2.24, 2.45) is 0 Å². The van der Waals surface area contributed by atoms with Crippen LogP contribution >= 0.6 is 11.6 Å². The van der Waals surface area contributed by atoms with E-state index < -0.39 is 5.56 Å². The van der Waals surface area contributed by atoms with Crippen molar-refractivity contribution in [3.05, 3.63) is 75.7 Å². The number of hydrogen-bond acceptors (Lipinski definition) is 5. The molecular formula is C18H13ClN2O4. The van der Waals surface area contributed by atoms with Gasteiger partial charge in [-0.05, 0) is 30.3 Å². The summed E-state index contributed by atoms with van der Waals surface area (Å²) in [6.07, 6.45) is 2.05. The summed E-state index contributed by atoms with van der Waals surface area (Å²) >= 11 is 6.16. The number of hydrogen-bond donors (Lipinski definition) is 0. The van der Waals surface area contributed by atoms with Crippen LogP contribution in [-0.4, -0.2) is 23.2 Å². The van der Waals surface area contributed by atoms with Gasteiger partial charge in [-0.3, -0.25) is 9.59 Å². The van der Waals surface area contributed by atoms with Crippen LogP contribution in [0.25, 0.3) is 5.69 Å². The van der Waals surface area contributed by atoms with Crippen LogP contribution in [0.5, 0.6) is 17.2 Å². The number of nitrogens with zero attached hydrogens (tertiary/aromatic N) is 2. The zero-order chi connectivity index (χ0) is 17.8. The normalized spacial score (nSPS) is 10.3. The molecule has 3 aromatic rings. The molecule has 1 aromatic heterocycles. The molecule has 0 N–H and O–H groups in total. The average molecular weight is 357 g/mol. The Labute approximate surface area is 148 Å². The number of carbonyl (C=O) groups excluding carboxylic acids is 1. The van der Waals surface area contributed by atoms with Gasteiger partial charge in [-0.2, -0.15) is 9.78 Å². The third-order valence-electron chi connectivity index (χ3n) is 3.43. The monoisotopic (exact) mass is 356 g/mol.